The van der Waals surface area contributed by atoms with Gasteiger partial charge in [0.1, 0.15) is 11.4 Å². The molecule has 0 aliphatic heterocycles. The summed E-state index contributed by atoms with van der Waals surface area (Å²) < 4.78 is 10.8. The van der Waals surface area contributed by atoms with Crippen molar-refractivity contribution < 1.29 is 4.42 Å². The molecule has 0 bridgehead atoms. The molecule has 7 heteroatoms. The molecule has 0 radical (unpaired) electrons. The molecular weight excluding hydrogens is 845 g/mol. The van der Waals surface area contributed by atoms with E-state index in [1.807, 2.05) is 85.1 Å². The second kappa shape index (κ2) is 16.5. The predicted molar refractivity (Wildman–Crippen MR) is 285 cm³/mol. The van der Waals surface area contributed by atoms with E-state index >= 15 is 0 Å². The van der Waals surface area contributed by atoms with E-state index in [0.29, 0.717) is 18.2 Å². The number of benzene rings is 9. The SMILES string of the molecule is NC(=NC(=NCc1cccc(-n2c3ccccc3c3cc(-c4ccc5c(c4)c4ccccc4n5-c4ccc(-c5cc6c(cn5)oc5ccccc56)cc4)ccc32)c1)c1ccccc1)c1ccccc1. The molecule has 9 aromatic carbocycles. The summed E-state index contributed by atoms with van der Waals surface area (Å²) in [6.07, 6.45) is 1.83. The molecule has 326 valence electrons. The Morgan fingerprint density at radius 2 is 1.00 bits per heavy atom. The van der Waals surface area contributed by atoms with E-state index in [1.54, 1.807) is 0 Å². The largest absolute Gasteiger partial charge is 0.454 e. The first kappa shape index (κ1) is 40.0. The number of hydrogen-bond acceptors (Lipinski definition) is 3. The smallest absolute Gasteiger partial charge is 0.157 e. The van der Waals surface area contributed by atoms with Crippen LogP contribution in [0.3, 0.4) is 0 Å². The molecular formula is C62H42N6O. The maximum absolute atomic E-state index is 6.51. The van der Waals surface area contributed by atoms with Gasteiger partial charge in [0, 0.05) is 60.4 Å². The number of hydrogen-bond donors (Lipinski definition) is 1. The van der Waals surface area contributed by atoms with Gasteiger partial charge in [0.15, 0.2) is 11.4 Å². The minimum absolute atomic E-state index is 0.429. The average molecular weight is 887 g/mol. The summed E-state index contributed by atoms with van der Waals surface area (Å²) >= 11 is 0. The number of pyridine rings is 1. The number of furan rings is 1. The Morgan fingerprint density at radius 1 is 0.435 bits per heavy atom. The van der Waals surface area contributed by atoms with Crippen LogP contribution >= 0.6 is 0 Å². The number of aliphatic imine (C=N–C) groups is 2. The molecule has 4 aromatic heterocycles. The highest BCUT2D eigenvalue weighted by atomic mass is 16.3. The highest BCUT2D eigenvalue weighted by molar-refractivity contribution is 6.13. The van der Waals surface area contributed by atoms with Crippen LogP contribution in [0.1, 0.15) is 16.7 Å². The van der Waals surface area contributed by atoms with Gasteiger partial charge in [-0.1, -0.05) is 152 Å². The number of rotatable bonds is 8. The second-order valence-corrected chi connectivity index (χ2v) is 17.4. The summed E-state index contributed by atoms with van der Waals surface area (Å²) in [4.78, 5) is 14.6. The molecule has 13 rings (SSSR count). The van der Waals surface area contributed by atoms with Gasteiger partial charge in [0.25, 0.3) is 0 Å². The average Bonchev–Trinajstić information content (AvgIpc) is 4.07. The molecule has 0 atom stereocenters. The van der Waals surface area contributed by atoms with Crippen LogP contribution in [0.2, 0.25) is 0 Å². The van der Waals surface area contributed by atoms with E-state index in [2.05, 4.69) is 155 Å². The number of amidine groups is 2. The third-order valence-electron chi connectivity index (χ3n) is 13.3. The van der Waals surface area contributed by atoms with Crippen molar-refractivity contribution in [1.29, 1.82) is 0 Å². The summed E-state index contributed by atoms with van der Waals surface area (Å²) in [5.41, 5.74) is 22.1. The van der Waals surface area contributed by atoms with Crippen LogP contribution in [-0.2, 0) is 6.54 Å². The van der Waals surface area contributed by atoms with Gasteiger partial charge in [0.2, 0.25) is 0 Å². The van der Waals surface area contributed by atoms with Crippen molar-refractivity contribution in [3.05, 3.63) is 247 Å². The van der Waals surface area contributed by atoms with Gasteiger partial charge in [-0.15, -0.1) is 0 Å². The molecule has 2 N–H and O–H groups in total. The number of aromatic nitrogens is 3. The van der Waals surface area contributed by atoms with Crippen LogP contribution in [-0.4, -0.2) is 25.8 Å². The Bertz CT molecular complexity index is 4160. The molecule has 0 aliphatic rings. The lowest BCUT2D eigenvalue weighted by molar-refractivity contribution is 0.667. The van der Waals surface area contributed by atoms with Gasteiger partial charge in [-0.05, 0) is 89.5 Å². The zero-order valence-electron chi connectivity index (χ0n) is 37.4. The highest BCUT2D eigenvalue weighted by Gasteiger charge is 2.17. The lowest BCUT2D eigenvalue weighted by atomic mass is 10.0. The van der Waals surface area contributed by atoms with Crippen molar-refractivity contribution in [3.8, 4) is 33.8 Å². The molecule has 0 spiro atoms. The molecule has 0 saturated heterocycles. The van der Waals surface area contributed by atoms with Crippen molar-refractivity contribution in [2.45, 2.75) is 6.54 Å². The second-order valence-electron chi connectivity index (χ2n) is 17.4. The molecule has 0 amide bonds. The molecule has 0 unspecified atom stereocenters. The lowest BCUT2D eigenvalue weighted by Crippen LogP contribution is -2.16. The third kappa shape index (κ3) is 7.03. The Kier molecular flexibility index (Phi) is 9.58. The van der Waals surface area contributed by atoms with Gasteiger partial charge in [-0.3, -0.25) is 9.98 Å². The highest BCUT2D eigenvalue weighted by Crippen LogP contribution is 2.39. The predicted octanol–water partition coefficient (Wildman–Crippen LogP) is 14.9. The van der Waals surface area contributed by atoms with E-state index in [0.717, 1.165) is 94.5 Å². The molecule has 4 heterocycles. The van der Waals surface area contributed by atoms with Gasteiger partial charge < -0.3 is 19.3 Å². The van der Waals surface area contributed by atoms with Gasteiger partial charge in [-0.2, -0.15) is 0 Å². The first-order valence-electron chi connectivity index (χ1n) is 23.1. The van der Waals surface area contributed by atoms with Crippen LogP contribution in [0.15, 0.2) is 245 Å². The maximum atomic E-state index is 6.51. The van der Waals surface area contributed by atoms with Crippen molar-refractivity contribution in [2.24, 2.45) is 15.7 Å². The van der Waals surface area contributed by atoms with Crippen molar-refractivity contribution in [1.82, 2.24) is 14.1 Å². The van der Waals surface area contributed by atoms with E-state index < -0.39 is 0 Å². The van der Waals surface area contributed by atoms with E-state index in [9.17, 15) is 0 Å². The van der Waals surface area contributed by atoms with Crippen LogP contribution in [0, 0.1) is 0 Å². The Morgan fingerprint density at radius 3 is 1.68 bits per heavy atom. The summed E-state index contributed by atoms with van der Waals surface area (Å²) in [5.74, 6) is 1.02. The lowest BCUT2D eigenvalue weighted by Gasteiger charge is -2.11. The Balaban J connectivity index is 0.845. The number of para-hydroxylation sites is 3. The minimum Gasteiger partial charge on any atom is -0.454 e. The van der Waals surface area contributed by atoms with Crippen molar-refractivity contribution in [3.63, 3.8) is 0 Å². The van der Waals surface area contributed by atoms with Crippen molar-refractivity contribution in [2.75, 3.05) is 0 Å². The summed E-state index contributed by atoms with van der Waals surface area (Å²) in [6, 6.07) is 78.6. The van der Waals surface area contributed by atoms with Crippen LogP contribution < -0.4 is 5.73 Å². The monoisotopic (exact) mass is 886 g/mol. The van der Waals surface area contributed by atoms with Crippen LogP contribution in [0.4, 0.5) is 0 Å². The normalized spacial score (nSPS) is 12.3. The van der Waals surface area contributed by atoms with Gasteiger partial charge in [-0.25, -0.2) is 4.99 Å². The molecule has 13 aromatic rings. The quantitative estimate of drug-likeness (QED) is 0.122. The Hall–Kier alpha value is -9.33. The molecule has 7 nitrogen and oxygen atoms in total. The fourth-order valence-corrected chi connectivity index (χ4v) is 9.96. The van der Waals surface area contributed by atoms with E-state index in [-0.39, 0.29) is 0 Å². The van der Waals surface area contributed by atoms with Crippen LogP contribution in [0.5, 0.6) is 0 Å². The fourth-order valence-electron chi connectivity index (χ4n) is 9.96. The number of fused-ring (bicyclic) bond motifs is 9. The summed E-state index contributed by atoms with van der Waals surface area (Å²) in [6.45, 7) is 0.438. The van der Waals surface area contributed by atoms with E-state index in [1.165, 1.54) is 21.5 Å². The standard InChI is InChI=1S/C62H42N6O/c63-61(42-15-3-1-4-16-42)66-62(43-17-5-2-6-18-43)65-38-40-14-13-19-47(34-40)68-56-24-11-8-21-49(56)52-36-45(29-33-58(52)68)44-28-32-57-51(35-44)48-20-7-10-23-55(48)67(57)46-30-26-41(27-31-46)54-37-53-50-22-9-12-25-59(50)69-60(53)39-64-54/h1-37,39H,38H2,(H2,63,65,66). The first-order valence-corrected chi connectivity index (χ1v) is 23.1. The molecule has 0 fully saturated rings. The zero-order valence-corrected chi connectivity index (χ0v) is 37.4. The number of nitrogens with two attached hydrogens (primary N) is 1. The number of nitrogens with zero attached hydrogens (tertiary/aromatic N) is 5. The first-order chi connectivity index (χ1) is 34.1. The van der Waals surface area contributed by atoms with Gasteiger partial charge >= 0.3 is 0 Å². The van der Waals surface area contributed by atoms with E-state index in [4.69, 9.17) is 25.1 Å². The van der Waals surface area contributed by atoms with Crippen LogP contribution in [0.25, 0.3) is 99.3 Å². The molecule has 69 heavy (non-hydrogen) atoms. The topological polar surface area (TPSA) is 86.6 Å². The maximum Gasteiger partial charge on any atom is 0.157 e. The zero-order chi connectivity index (χ0) is 45.8. The summed E-state index contributed by atoms with van der Waals surface area (Å²) in [5, 5.41) is 6.98. The van der Waals surface area contributed by atoms with Gasteiger partial charge in [0.05, 0.1) is 40.5 Å². The molecule has 0 aliphatic carbocycles. The van der Waals surface area contributed by atoms with Crippen molar-refractivity contribution >= 4 is 77.2 Å². The fraction of sp³-hybridized carbons (Fsp3) is 0.0161. The minimum atomic E-state index is 0.429. The summed E-state index contributed by atoms with van der Waals surface area (Å²) in [7, 11) is 0. The third-order valence-corrected chi connectivity index (χ3v) is 13.3. The Labute approximate surface area is 397 Å². The molecule has 0 saturated carbocycles.